The van der Waals surface area contributed by atoms with Crippen molar-refractivity contribution < 1.29 is 22.4 Å². The summed E-state index contributed by atoms with van der Waals surface area (Å²) in [5.74, 6) is -2.09. The SMILES string of the molecule is NC(=O)c1oc2ccccc2c1C(F)(F)F. The summed E-state index contributed by atoms with van der Waals surface area (Å²) in [5, 5.41) is -0.163. The van der Waals surface area contributed by atoms with Gasteiger partial charge < -0.3 is 10.2 Å². The summed E-state index contributed by atoms with van der Waals surface area (Å²) in [6.07, 6.45) is -4.67. The van der Waals surface area contributed by atoms with E-state index in [1.165, 1.54) is 24.3 Å². The maximum absolute atomic E-state index is 12.7. The lowest BCUT2D eigenvalue weighted by molar-refractivity contribution is -0.137. The number of alkyl halides is 3. The Balaban J connectivity index is 2.85. The lowest BCUT2D eigenvalue weighted by Crippen LogP contribution is -2.16. The summed E-state index contributed by atoms with van der Waals surface area (Å²) in [6.45, 7) is 0. The number of fused-ring (bicyclic) bond motifs is 1. The largest absolute Gasteiger partial charge is 0.450 e. The first kappa shape index (κ1) is 10.5. The Bertz CT molecular complexity index is 557. The first-order chi connectivity index (χ1) is 7.41. The molecule has 0 spiro atoms. The van der Waals surface area contributed by atoms with Gasteiger partial charge in [0.05, 0.1) is 0 Å². The van der Waals surface area contributed by atoms with E-state index in [1.807, 2.05) is 0 Å². The topological polar surface area (TPSA) is 56.2 Å². The quantitative estimate of drug-likeness (QED) is 0.816. The summed E-state index contributed by atoms with van der Waals surface area (Å²) < 4.78 is 42.9. The van der Waals surface area contributed by atoms with Crippen LogP contribution in [0.3, 0.4) is 0 Å². The monoisotopic (exact) mass is 229 g/mol. The van der Waals surface area contributed by atoms with E-state index in [4.69, 9.17) is 10.2 Å². The van der Waals surface area contributed by atoms with Gasteiger partial charge in [-0.05, 0) is 6.07 Å². The van der Waals surface area contributed by atoms with Gasteiger partial charge in [-0.1, -0.05) is 18.2 Å². The number of hydrogen-bond donors (Lipinski definition) is 1. The molecule has 0 aliphatic carbocycles. The van der Waals surface area contributed by atoms with Crippen LogP contribution in [0.1, 0.15) is 16.1 Å². The van der Waals surface area contributed by atoms with Gasteiger partial charge in [0.1, 0.15) is 11.1 Å². The number of amides is 1. The lowest BCUT2D eigenvalue weighted by atomic mass is 10.1. The molecule has 2 N–H and O–H groups in total. The number of furan rings is 1. The van der Waals surface area contributed by atoms with Crippen molar-refractivity contribution in [2.45, 2.75) is 6.18 Å². The van der Waals surface area contributed by atoms with E-state index >= 15 is 0 Å². The molecule has 2 aromatic rings. The molecule has 1 amide bonds. The van der Waals surface area contributed by atoms with Crippen molar-refractivity contribution in [2.24, 2.45) is 5.73 Å². The fourth-order valence-electron chi connectivity index (χ4n) is 1.50. The van der Waals surface area contributed by atoms with Crippen molar-refractivity contribution in [1.82, 2.24) is 0 Å². The molecule has 2 rings (SSSR count). The van der Waals surface area contributed by atoms with Crippen LogP contribution in [0, 0.1) is 0 Å². The molecule has 6 heteroatoms. The number of carbonyl (C=O) groups excluding carboxylic acids is 1. The molecule has 1 aromatic heterocycles. The van der Waals surface area contributed by atoms with Gasteiger partial charge in [-0.2, -0.15) is 13.2 Å². The summed E-state index contributed by atoms with van der Waals surface area (Å²) in [6, 6.07) is 5.51. The number of hydrogen-bond acceptors (Lipinski definition) is 2. The van der Waals surface area contributed by atoms with Crippen LogP contribution in [-0.4, -0.2) is 5.91 Å². The second-order valence-electron chi connectivity index (χ2n) is 3.16. The Kier molecular flexibility index (Phi) is 2.15. The van der Waals surface area contributed by atoms with Crippen molar-refractivity contribution in [3.63, 3.8) is 0 Å². The van der Waals surface area contributed by atoms with Crippen LogP contribution in [0.25, 0.3) is 11.0 Å². The molecule has 3 nitrogen and oxygen atoms in total. The molecule has 16 heavy (non-hydrogen) atoms. The Morgan fingerprint density at radius 1 is 1.25 bits per heavy atom. The number of nitrogens with two attached hydrogens (primary N) is 1. The molecule has 1 heterocycles. The molecule has 0 unspecified atom stereocenters. The average Bonchev–Trinajstić information content (AvgIpc) is 2.55. The van der Waals surface area contributed by atoms with Crippen LogP contribution in [0.5, 0.6) is 0 Å². The minimum atomic E-state index is -4.67. The molecule has 84 valence electrons. The zero-order valence-electron chi connectivity index (χ0n) is 7.84. The molecule has 0 aliphatic rings. The molecule has 0 fully saturated rings. The Hall–Kier alpha value is -1.98. The Morgan fingerprint density at radius 2 is 1.88 bits per heavy atom. The van der Waals surface area contributed by atoms with E-state index < -0.39 is 23.4 Å². The maximum Gasteiger partial charge on any atom is 0.420 e. The standard InChI is InChI=1S/C10H6F3NO2/c11-10(12,13)7-5-3-1-2-4-6(5)16-8(7)9(14)15/h1-4H,(H2,14,15). The van der Waals surface area contributed by atoms with Crippen molar-refractivity contribution in [2.75, 3.05) is 0 Å². The molecule has 0 saturated carbocycles. The summed E-state index contributed by atoms with van der Waals surface area (Å²) in [4.78, 5) is 10.9. The Labute approximate surface area is 87.6 Å². The molecule has 0 bridgehead atoms. The number of para-hydroxylation sites is 1. The third kappa shape index (κ3) is 1.52. The van der Waals surface area contributed by atoms with Crippen molar-refractivity contribution in [3.05, 3.63) is 35.6 Å². The van der Waals surface area contributed by atoms with Gasteiger partial charge in [-0.25, -0.2) is 0 Å². The number of primary amides is 1. The van der Waals surface area contributed by atoms with Crippen LogP contribution in [0.4, 0.5) is 13.2 Å². The summed E-state index contributed by atoms with van der Waals surface area (Å²) in [7, 11) is 0. The molecule has 0 atom stereocenters. The average molecular weight is 229 g/mol. The third-order valence-electron chi connectivity index (χ3n) is 2.10. The molecule has 0 aliphatic heterocycles. The first-order valence-corrected chi connectivity index (χ1v) is 4.30. The number of halogens is 3. The molecule has 0 radical (unpaired) electrons. The second kappa shape index (κ2) is 3.26. The molecular formula is C10H6F3NO2. The summed E-state index contributed by atoms with van der Waals surface area (Å²) in [5.41, 5.74) is 3.72. The van der Waals surface area contributed by atoms with Crippen LogP contribution in [0.15, 0.2) is 28.7 Å². The highest BCUT2D eigenvalue weighted by Gasteiger charge is 2.40. The van der Waals surface area contributed by atoms with Crippen molar-refractivity contribution >= 4 is 16.9 Å². The maximum atomic E-state index is 12.7. The van der Waals surface area contributed by atoms with Gasteiger partial charge in [-0.15, -0.1) is 0 Å². The van der Waals surface area contributed by atoms with Crippen LogP contribution >= 0.6 is 0 Å². The summed E-state index contributed by atoms with van der Waals surface area (Å²) >= 11 is 0. The van der Waals surface area contributed by atoms with Gasteiger partial charge in [-0.3, -0.25) is 4.79 Å². The van der Waals surface area contributed by atoms with E-state index in [2.05, 4.69) is 0 Å². The smallest absolute Gasteiger partial charge is 0.420 e. The molecule has 1 aromatic carbocycles. The zero-order chi connectivity index (χ0) is 11.9. The van der Waals surface area contributed by atoms with Crippen molar-refractivity contribution in [1.29, 1.82) is 0 Å². The van der Waals surface area contributed by atoms with E-state index in [-0.39, 0.29) is 11.0 Å². The van der Waals surface area contributed by atoms with Gasteiger partial charge in [0.25, 0.3) is 5.91 Å². The second-order valence-corrected chi connectivity index (χ2v) is 3.16. The van der Waals surface area contributed by atoms with Crippen molar-refractivity contribution in [3.8, 4) is 0 Å². The molecule has 0 saturated heterocycles. The predicted molar refractivity (Wildman–Crippen MR) is 49.7 cm³/mol. The van der Waals surface area contributed by atoms with Crippen LogP contribution < -0.4 is 5.73 Å². The predicted octanol–water partition coefficient (Wildman–Crippen LogP) is 2.55. The van der Waals surface area contributed by atoms with Gasteiger partial charge >= 0.3 is 6.18 Å². The van der Waals surface area contributed by atoms with E-state index in [1.54, 1.807) is 0 Å². The number of benzene rings is 1. The fraction of sp³-hybridized carbons (Fsp3) is 0.100. The van der Waals surface area contributed by atoms with Crippen LogP contribution in [-0.2, 0) is 6.18 Å². The van der Waals surface area contributed by atoms with Gasteiger partial charge in [0.2, 0.25) is 5.76 Å². The highest BCUT2D eigenvalue weighted by atomic mass is 19.4. The first-order valence-electron chi connectivity index (χ1n) is 4.30. The number of carbonyl (C=O) groups is 1. The van der Waals surface area contributed by atoms with E-state index in [0.717, 1.165) is 0 Å². The fourth-order valence-corrected chi connectivity index (χ4v) is 1.50. The number of rotatable bonds is 1. The minimum Gasteiger partial charge on any atom is -0.450 e. The van der Waals surface area contributed by atoms with E-state index in [0.29, 0.717) is 0 Å². The highest BCUT2D eigenvalue weighted by molar-refractivity contribution is 5.98. The van der Waals surface area contributed by atoms with Gasteiger partial charge in [0.15, 0.2) is 0 Å². The van der Waals surface area contributed by atoms with Crippen LogP contribution in [0.2, 0.25) is 0 Å². The molecular weight excluding hydrogens is 223 g/mol. The Morgan fingerprint density at radius 3 is 2.44 bits per heavy atom. The minimum absolute atomic E-state index is 0.0105. The van der Waals surface area contributed by atoms with Gasteiger partial charge in [0, 0.05) is 5.39 Å². The van der Waals surface area contributed by atoms with E-state index in [9.17, 15) is 18.0 Å². The normalized spacial score (nSPS) is 11.9. The lowest BCUT2D eigenvalue weighted by Gasteiger charge is -2.04. The third-order valence-corrected chi connectivity index (χ3v) is 2.10. The highest BCUT2D eigenvalue weighted by Crippen LogP contribution is 2.38. The zero-order valence-corrected chi connectivity index (χ0v) is 7.84.